The first-order chi connectivity index (χ1) is 12.1. The lowest BCUT2D eigenvalue weighted by molar-refractivity contribution is -0.126. The van der Waals surface area contributed by atoms with E-state index in [0.29, 0.717) is 19.4 Å². The Balaban J connectivity index is 1.65. The van der Waals surface area contributed by atoms with Crippen LogP contribution in [-0.2, 0) is 22.4 Å². The van der Waals surface area contributed by atoms with Gasteiger partial charge < -0.3 is 5.32 Å². The Kier molecular flexibility index (Phi) is 5.17. The molecule has 0 aliphatic carbocycles. The van der Waals surface area contributed by atoms with Gasteiger partial charge in [-0.3, -0.25) is 14.5 Å². The molecule has 0 saturated carbocycles. The molecular weight excluding hydrogens is 312 g/mol. The van der Waals surface area contributed by atoms with Gasteiger partial charge in [-0.25, -0.2) is 0 Å². The molecule has 0 unspecified atom stereocenters. The summed E-state index contributed by atoms with van der Waals surface area (Å²) in [6.07, 6.45) is 1.76. The van der Waals surface area contributed by atoms with Crippen LogP contribution in [0.5, 0.6) is 0 Å². The number of fused-ring (bicyclic) bond motifs is 1. The van der Waals surface area contributed by atoms with E-state index in [0.717, 1.165) is 17.7 Å². The van der Waals surface area contributed by atoms with Crippen LogP contribution in [0, 0.1) is 6.92 Å². The van der Waals surface area contributed by atoms with Gasteiger partial charge in [0.25, 0.3) is 0 Å². The van der Waals surface area contributed by atoms with Gasteiger partial charge in [0.2, 0.25) is 11.8 Å². The molecule has 2 aromatic carbocycles. The molecular formula is C21H24N2O2. The summed E-state index contributed by atoms with van der Waals surface area (Å²) in [6, 6.07) is 15.6. The average Bonchev–Trinajstić information content (AvgIpc) is 3.02. The van der Waals surface area contributed by atoms with Crippen molar-refractivity contribution < 1.29 is 9.59 Å². The number of para-hydroxylation sites is 1. The zero-order valence-corrected chi connectivity index (χ0v) is 14.8. The molecule has 2 amide bonds. The normalized spacial score (nSPS) is 15.8. The topological polar surface area (TPSA) is 49.4 Å². The zero-order valence-electron chi connectivity index (χ0n) is 14.8. The Morgan fingerprint density at radius 3 is 2.56 bits per heavy atom. The number of hydrogen-bond acceptors (Lipinski definition) is 2. The largest absolute Gasteiger partial charge is 0.354 e. The highest BCUT2D eigenvalue weighted by atomic mass is 16.2. The molecule has 1 N–H and O–H groups in total. The summed E-state index contributed by atoms with van der Waals surface area (Å²) in [7, 11) is 0. The van der Waals surface area contributed by atoms with Gasteiger partial charge in [-0.15, -0.1) is 0 Å². The minimum Gasteiger partial charge on any atom is -0.354 e. The van der Waals surface area contributed by atoms with Crippen LogP contribution in [0.4, 0.5) is 5.69 Å². The average molecular weight is 336 g/mol. The van der Waals surface area contributed by atoms with E-state index in [1.165, 1.54) is 11.1 Å². The molecule has 1 heterocycles. The highest BCUT2D eigenvalue weighted by molar-refractivity contribution is 6.03. The first-order valence-electron chi connectivity index (χ1n) is 8.83. The minimum absolute atomic E-state index is 0.0105. The van der Waals surface area contributed by atoms with Gasteiger partial charge in [0.05, 0.1) is 0 Å². The number of carbonyl (C=O) groups excluding carboxylic acids is 2. The highest BCUT2D eigenvalue weighted by Gasteiger charge is 2.37. The highest BCUT2D eigenvalue weighted by Crippen LogP contribution is 2.32. The van der Waals surface area contributed by atoms with Crippen LogP contribution in [0.1, 0.15) is 30.0 Å². The van der Waals surface area contributed by atoms with E-state index in [4.69, 9.17) is 0 Å². The lowest BCUT2D eigenvalue weighted by Crippen LogP contribution is -2.48. The lowest BCUT2D eigenvalue weighted by Gasteiger charge is -2.24. The third-order valence-electron chi connectivity index (χ3n) is 4.68. The van der Waals surface area contributed by atoms with Crippen molar-refractivity contribution in [3.8, 4) is 0 Å². The van der Waals surface area contributed by atoms with E-state index in [1.54, 1.807) is 4.90 Å². The fourth-order valence-corrected chi connectivity index (χ4v) is 3.28. The molecule has 4 heteroatoms. The van der Waals surface area contributed by atoms with Gasteiger partial charge in [0, 0.05) is 25.1 Å². The SMILES string of the molecule is CCC(=O)N1c2ccccc2C[C@H]1C(=O)NCCc1ccc(C)cc1. The third kappa shape index (κ3) is 3.73. The van der Waals surface area contributed by atoms with Gasteiger partial charge in [-0.2, -0.15) is 0 Å². The maximum absolute atomic E-state index is 12.7. The van der Waals surface area contributed by atoms with Crippen molar-refractivity contribution in [3.63, 3.8) is 0 Å². The van der Waals surface area contributed by atoms with E-state index in [9.17, 15) is 9.59 Å². The number of rotatable bonds is 5. The molecule has 2 aromatic rings. The fourth-order valence-electron chi connectivity index (χ4n) is 3.28. The standard InChI is InChI=1S/C21H24N2O2/c1-3-20(24)23-18-7-5-4-6-17(18)14-19(23)21(25)22-13-12-16-10-8-15(2)9-11-16/h4-11,19H,3,12-14H2,1-2H3,(H,22,25)/t19-/m0/s1. The number of hydrogen-bond donors (Lipinski definition) is 1. The zero-order chi connectivity index (χ0) is 17.8. The van der Waals surface area contributed by atoms with Crippen molar-refractivity contribution in [2.45, 2.75) is 39.2 Å². The van der Waals surface area contributed by atoms with Crippen molar-refractivity contribution >= 4 is 17.5 Å². The molecule has 1 aliphatic rings. The number of carbonyl (C=O) groups is 2. The van der Waals surface area contributed by atoms with Crippen molar-refractivity contribution in [1.82, 2.24) is 5.32 Å². The van der Waals surface area contributed by atoms with Crippen LogP contribution >= 0.6 is 0 Å². The number of benzene rings is 2. The van der Waals surface area contributed by atoms with Crippen LogP contribution in [0.2, 0.25) is 0 Å². The summed E-state index contributed by atoms with van der Waals surface area (Å²) in [4.78, 5) is 26.7. The van der Waals surface area contributed by atoms with E-state index >= 15 is 0 Å². The Hall–Kier alpha value is -2.62. The van der Waals surface area contributed by atoms with Crippen LogP contribution in [-0.4, -0.2) is 24.4 Å². The fraction of sp³-hybridized carbons (Fsp3) is 0.333. The summed E-state index contributed by atoms with van der Waals surface area (Å²) < 4.78 is 0. The Labute approximate surface area is 148 Å². The molecule has 1 aliphatic heterocycles. The summed E-state index contributed by atoms with van der Waals surface area (Å²) in [5.74, 6) is -0.0891. The monoisotopic (exact) mass is 336 g/mol. The number of nitrogens with zero attached hydrogens (tertiary/aromatic N) is 1. The molecule has 4 nitrogen and oxygen atoms in total. The maximum Gasteiger partial charge on any atom is 0.243 e. The van der Waals surface area contributed by atoms with Crippen molar-refractivity contribution in [2.24, 2.45) is 0 Å². The Morgan fingerprint density at radius 2 is 1.84 bits per heavy atom. The molecule has 0 aromatic heterocycles. The summed E-state index contributed by atoms with van der Waals surface area (Å²) in [5, 5.41) is 3.00. The molecule has 0 spiro atoms. The van der Waals surface area contributed by atoms with Gasteiger partial charge in [0.1, 0.15) is 6.04 Å². The molecule has 25 heavy (non-hydrogen) atoms. The Morgan fingerprint density at radius 1 is 1.12 bits per heavy atom. The smallest absolute Gasteiger partial charge is 0.243 e. The predicted octanol–water partition coefficient (Wildman–Crippen LogP) is 3.02. The second-order valence-electron chi connectivity index (χ2n) is 6.49. The predicted molar refractivity (Wildman–Crippen MR) is 99.6 cm³/mol. The van der Waals surface area contributed by atoms with Crippen LogP contribution < -0.4 is 10.2 Å². The van der Waals surface area contributed by atoms with Crippen molar-refractivity contribution in [3.05, 3.63) is 65.2 Å². The molecule has 0 saturated heterocycles. The second kappa shape index (κ2) is 7.51. The van der Waals surface area contributed by atoms with Crippen LogP contribution in [0.3, 0.4) is 0 Å². The molecule has 1 atom stereocenters. The number of nitrogens with one attached hydrogen (secondary N) is 1. The molecule has 3 rings (SSSR count). The van der Waals surface area contributed by atoms with E-state index in [1.807, 2.05) is 31.2 Å². The number of amides is 2. The van der Waals surface area contributed by atoms with E-state index < -0.39 is 6.04 Å². The summed E-state index contributed by atoms with van der Waals surface area (Å²) >= 11 is 0. The second-order valence-corrected chi connectivity index (χ2v) is 6.49. The van der Waals surface area contributed by atoms with Crippen LogP contribution in [0.25, 0.3) is 0 Å². The molecule has 130 valence electrons. The number of anilines is 1. The quantitative estimate of drug-likeness (QED) is 0.912. The van der Waals surface area contributed by atoms with Gasteiger partial charge in [0.15, 0.2) is 0 Å². The van der Waals surface area contributed by atoms with Gasteiger partial charge in [-0.1, -0.05) is 55.0 Å². The van der Waals surface area contributed by atoms with E-state index in [2.05, 4.69) is 36.5 Å². The van der Waals surface area contributed by atoms with E-state index in [-0.39, 0.29) is 11.8 Å². The summed E-state index contributed by atoms with van der Waals surface area (Å²) in [5.41, 5.74) is 4.35. The Bertz CT molecular complexity index is 768. The minimum atomic E-state index is -0.442. The first-order valence-corrected chi connectivity index (χ1v) is 8.83. The summed E-state index contributed by atoms with van der Waals surface area (Å²) in [6.45, 7) is 4.46. The first kappa shape index (κ1) is 17.2. The van der Waals surface area contributed by atoms with Gasteiger partial charge >= 0.3 is 0 Å². The van der Waals surface area contributed by atoms with Gasteiger partial charge in [-0.05, 0) is 30.5 Å². The maximum atomic E-state index is 12.7. The molecule has 0 fully saturated rings. The number of aryl methyl sites for hydroxylation is 1. The lowest BCUT2D eigenvalue weighted by atomic mass is 10.1. The molecule has 0 bridgehead atoms. The van der Waals surface area contributed by atoms with Crippen molar-refractivity contribution in [1.29, 1.82) is 0 Å². The third-order valence-corrected chi connectivity index (χ3v) is 4.68. The molecule has 0 radical (unpaired) electrons. The van der Waals surface area contributed by atoms with Crippen molar-refractivity contribution in [2.75, 3.05) is 11.4 Å². The van der Waals surface area contributed by atoms with Crippen LogP contribution in [0.15, 0.2) is 48.5 Å².